The number of aryl methyl sites for hydroxylation is 6. The van der Waals surface area contributed by atoms with Crippen LogP contribution in [0.25, 0.3) is 30.7 Å². The van der Waals surface area contributed by atoms with Crippen LogP contribution >= 0.6 is 68.0 Å². The minimum absolute atomic E-state index is 0.276. The lowest BCUT2D eigenvalue weighted by Crippen LogP contribution is -2.49. The first kappa shape index (κ1) is 51.6. The third-order valence-electron chi connectivity index (χ3n) is 12.5. The van der Waals surface area contributed by atoms with Crippen molar-refractivity contribution in [3.05, 3.63) is 109 Å². The number of thiophene rings is 6. The largest absolute Gasteiger partial charge is 0.382 e. The molecule has 0 amide bonds. The van der Waals surface area contributed by atoms with E-state index in [1.165, 1.54) is 80.2 Å². The Bertz CT molecular complexity index is 2550. The van der Waals surface area contributed by atoms with Gasteiger partial charge < -0.3 is 28.4 Å². The summed E-state index contributed by atoms with van der Waals surface area (Å²) in [6.45, 7) is 16.1. The lowest BCUT2D eigenvalue weighted by molar-refractivity contribution is -0.254. The maximum Gasteiger partial charge on any atom is 0.380 e. The molecule has 0 saturated carbocycles. The van der Waals surface area contributed by atoms with Gasteiger partial charge in [0.15, 0.2) is 0 Å². The van der Waals surface area contributed by atoms with Crippen LogP contribution in [0, 0.1) is 41.5 Å². The Morgan fingerprint density at radius 1 is 0.412 bits per heavy atom. The van der Waals surface area contributed by atoms with Crippen LogP contribution in [-0.4, -0.2) is 98.1 Å². The maximum absolute atomic E-state index is 17.0. The molecule has 0 atom stereocenters. The van der Waals surface area contributed by atoms with Gasteiger partial charge in [0.1, 0.15) is 5.41 Å². The molecule has 2 aliphatic rings. The quantitative estimate of drug-likeness (QED) is 0.0499. The summed E-state index contributed by atoms with van der Waals surface area (Å²) in [6.07, 6.45) is 1.14. The molecule has 0 spiro atoms. The van der Waals surface area contributed by atoms with Crippen molar-refractivity contribution in [3.63, 3.8) is 0 Å². The van der Waals surface area contributed by atoms with Gasteiger partial charge in [-0.1, -0.05) is 0 Å². The van der Waals surface area contributed by atoms with E-state index in [-0.39, 0.29) is 11.1 Å². The molecule has 6 nitrogen and oxygen atoms in total. The van der Waals surface area contributed by atoms with Crippen LogP contribution in [0.2, 0.25) is 0 Å². The highest BCUT2D eigenvalue weighted by Crippen LogP contribution is 2.71. The standard InChI is InChI=1S/C50H54F6O6S6/c1-27-23-41(63-31(27)5)47(42-24-28(2)32(6)64-42)45-33(25-39(67-45)37-21-29(3)35(65-37)9-11-59-17-19-61-15-13-57-7)43-44(49(53,54)50(55,56)48(43,51)52)34-26-40(68-46(34)47)38-22-30(4)36(66-38)10-12-60-18-20-62-16-14-58-8/h21-26H,9-20H2,1-8H3. The Balaban J connectivity index is 1.30. The smallest absolute Gasteiger partial charge is 0.380 e. The first-order valence-corrected chi connectivity index (χ1v) is 27.1. The number of ether oxygens (including phenoxy) is 6. The molecule has 368 valence electrons. The molecular weight excluding hydrogens is 1000 g/mol. The monoisotopic (exact) mass is 1060 g/mol. The lowest BCUT2D eigenvalue weighted by atomic mass is 9.77. The summed E-state index contributed by atoms with van der Waals surface area (Å²) in [5.74, 6) is -16.2. The summed E-state index contributed by atoms with van der Waals surface area (Å²) in [5.41, 5.74) is -0.797. The summed E-state index contributed by atoms with van der Waals surface area (Å²) in [6, 6.07) is 10.9. The molecule has 6 aromatic heterocycles. The van der Waals surface area contributed by atoms with Gasteiger partial charge in [0.2, 0.25) is 0 Å². The highest BCUT2D eigenvalue weighted by atomic mass is 32.1. The molecule has 2 aliphatic carbocycles. The Morgan fingerprint density at radius 2 is 0.765 bits per heavy atom. The predicted molar refractivity (Wildman–Crippen MR) is 267 cm³/mol. The molecule has 0 aromatic carbocycles. The van der Waals surface area contributed by atoms with E-state index in [0.717, 1.165) is 61.3 Å². The average Bonchev–Trinajstić information content (AvgIpc) is 4.17. The van der Waals surface area contributed by atoms with E-state index in [1.807, 2.05) is 65.8 Å². The van der Waals surface area contributed by atoms with E-state index in [2.05, 4.69) is 0 Å². The van der Waals surface area contributed by atoms with Gasteiger partial charge >= 0.3 is 17.8 Å². The molecule has 0 radical (unpaired) electrons. The normalized spacial score (nSPS) is 16.7. The molecule has 68 heavy (non-hydrogen) atoms. The zero-order chi connectivity index (χ0) is 48.8. The summed E-state index contributed by atoms with van der Waals surface area (Å²) in [4.78, 5) is 8.59. The number of alkyl halides is 6. The fourth-order valence-corrected chi connectivity index (χ4v) is 16.7. The second kappa shape index (κ2) is 20.8. The highest BCUT2D eigenvalue weighted by molar-refractivity contribution is 7.24. The maximum atomic E-state index is 17.0. The number of halogens is 6. The van der Waals surface area contributed by atoms with Crippen molar-refractivity contribution in [2.24, 2.45) is 0 Å². The SMILES string of the molecule is COCCOCCOCCc1sc(-c2cc3c(s2)C(c2cc(C)c(C)s2)(c2cc(C)c(C)s2)c2sc(-c4cc(C)c(CCOCCOCCOC)s4)cc2C2=C3C(F)(F)C(F)(F)C2(F)F)cc1C. The Labute approximate surface area is 417 Å². The number of hydrogen-bond donors (Lipinski definition) is 0. The van der Waals surface area contributed by atoms with E-state index >= 15 is 26.3 Å². The van der Waals surface area contributed by atoms with E-state index in [9.17, 15) is 0 Å². The number of rotatable bonds is 22. The molecule has 0 fully saturated rings. The molecule has 6 aromatic rings. The minimum Gasteiger partial charge on any atom is -0.382 e. The van der Waals surface area contributed by atoms with Gasteiger partial charge in [-0.05, 0) is 100 Å². The molecule has 6 heterocycles. The molecule has 8 rings (SSSR count). The molecule has 0 bridgehead atoms. The Morgan fingerprint density at radius 3 is 1.12 bits per heavy atom. The van der Waals surface area contributed by atoms with Gasteiger partial charge in [0.25, 0.3) is 0 Å². The molecule has 18 heteroatoms. The number of methoxy groups -OCH3 is 2. The van der Waals surface area contributed by atoms with Crippen molar-refractivity contribution in [2.45, 2.75) is 77.6 Å². The van der Waals surface area contributed by atoms with Crippen molar-refractivity contribution < 1.29 is 54.8 Å². The van der Waals surface area contributed by atoms with Crippen LogP contribution in [0.3, 0.4) is 0 Å². The minimum atomic E-state index is -5.71. The van der Waals surface area contributed by atoms with Crippen molar-refractivity contribution in [1.29, 1.82) is 0 Å². The van der Waals surface area contributed by atoms with E-state index < -0.39 is 34.3 Å². The molecule has 0 saturated heterocycles. The Kier molecular flexibility index (Phi) is 15.8. The van der Waals surface area contributed by atoms with Crippen LogP contribution in [-0.2, 0) is 46.7 Å². The number of hydrogen-bond acceptors (Lipinski definition) is 12. The van der Waals surface area contributed by atoms with Gasteiger partial charge in [0, 0.05) is 108 Å². The van der Waals surface area contributed by atoms with Crippen LogP contribution in [0.1, 0.15) is 72.4 Å². The first-order chi connectivity index (χ1) is 32.4. The molecular formula is C50H54F6O6S6. The lowest BCUT2D eigenvalue weighted by Gasteiger charge is -2.34. The summed E-state index contributed by atoms with van der Waals surface area (Å²) in [7, 11) is 3.21. The van der Waals surface area contributed by atoms with Gasteiger partial charge in [-0.15, -0.1) is 68.0 Å². The summed E-state index contributed by atoms with van der Waals surface area (Å²) < 4.78 is 133. The third kappa shape index (κ3) is 9.21. The van der Waals surface area contributed by atoms with Crippen molar-refractivity contribution in [3.8, 4) is 19.5 Å². The van der Waals surface area contributed by atoms with Gasteiger partial charge in [-0.25, -0.2) is 0 Å². The van der Waals surface area contributed by atoms with Crippen molar-refractivity contribution in [1.82, 2.24) is 0 Å². The zero-order valence-corrected chi connectivity index (χ0v) is 44.0. The molecule has 0 aliphatic heterocycles. The van der Waals surface area contributed by atoms with Gasteiger partial charge in [-0.3, -0.25) is 0 Å². The third-order valence-corrected chi connectivity index (χ3v) is 20.5. The van der Waals surface area contributed by atoms with Crippen LogP contribution in [0.4, 0.5) is 26.3 Å². The average molecular weight is 1060 g/mol. The number of fused-ring (bicyclic) bond motifs is 4. The molecule has 0 unspecified atom stereocenters. The fourth-order valence-electron chi connectivity index (χ4n) is 8.61. The van der Waals surface area contributed by atoms with Crippen LogP contribution < -0.4 is 0 Å². The van der Waals surface area contributed by atoms with Crippen LogP contribution in [0.15, 0.2) is 36.4 Å². The molecule has 0 N–H and O–H groups in total. The van der Waals surface area contributed by atoms with Gasteiger partial charge in [-0.2, -0.15) is 26.3 Å². The predicted octanol–water partition coefficient (Wildman–Crippen LogP) is 14.2. The Hall–Kier alpha value is -2.72. The van der Waals surface area contributed by atoms with E-state index in [4.69, 9.17) is 28.4 Å². The second-order valence-electron chi connectivity index (χ2n) is 17.0. The van der Waals surface area contributed by atoms with E-state index in [1.54, 1.807) is 14.2 Å². The van der Waals surface area contributed by atoms with Crippen LogP contribution in [0.5, 0.6) is 0 Å². The summed E-state index contributed by atoms with van der Waals surface area (Å²) in [5, 5.41) is 0. The van der Waals surface area contributed by atoms with Crippen molar-refractivity contribution in [2.75, 3.05) is 80.3 Å². The van der Waals surface area contributed by atoms with Gasteiger partial charge in [0.05, 0.1) is 66.1 Å². The highest BCUT2D eigenvalue weighted by Gasteiger charge is 2.81. The fraction of sp³-hybridized carbons (Fsp3) is 0.480. The first-order valence-electron chi connectivity index (χ1n) is 22.2. The topological polar surface area (TPSA) is 55.4 Å². The summed E-state index contributed by atoms with van der Waals surface area (Å²) >= 11 is 8.33. The zero-order valence-electron chi connectivity index (χ0n) is 39.1. The second-order valence-corrected chi connectivity index (χ2v) is 23.9. The number of allylic oxidation sites excluding steroid dienone is 2. The van der Waals surface area contributed by atoms with E-state index in [0.29, 0.717) is 98.4 Å². The van der Waals surface area contributed by atoms with Crippen molar-refractivity contribution >= 4 is 79.2 Å².